The molecule has 0 aliphatic rings. The average Bonchev–Trinajstić information content (AvgIpc) is 2.09. The zero-order valence-electron chi connectivity index (χ0n) is 7.32. The smallest absolute Gasteiger partial charge is 0.0267 e. The van der Waals surface area contributed by atoms with Crippen LogP contribution in [0.3, 0.4) is 0 Å². The maximum Gasteiger partial charge on any atom is 0.0267 e. The maximum absolute atomic E-state index is 3.78. The minimum atomic E-state index is 0.801. The van der Waals surface area contributed by atoms with Gasteiger partial charge < -0.3 is 0 Å². The number of hydrogen-bond acceptors (Lipinski definition) is 2. The summed E-state index contributed by atoms with van der Waals surface area (Å²) in [5.74, 6) is 0. The lowest BCUT2D eigenvalue weighted by molar-refractivity contribution is 1.12. The van der Waals surface area contributed by atoms with E-state index in [2.05, 4.69) is 25.1 Å². The van der Waals surface area contributed by atoms with Crippen LogP contribution in [0, 0.1) is 0 Å². The third-order valence-corrected chi connectivity index (χ3v) is 1.98. The van der Waals surface area contributed by atoms with Crippen molar-refractivity contribution in [1.82, 2.24) is 4.98 Å². The molecule has 0 saturated heterocycles. The Morgan fingerprint density at radius 1 is 1.09 bits per heavy atom. The van der Waals surface area contributed by atoms with Crippen molar-refractivity contribution in [3.63, 3.8) is 0 Å². The SMILES string of the molecule is CSC(C)C.c1ccncc1. The minimum absolute atomic E-state index is 0.801. The molecule has 0 aliphatic heterocycles. The van der Waals surface area contributed by atoms with E-state index in [4.69, 9.17) is 0 Å². The van der Waals surface area contributed by atoms with Crippen LogP contribution in [0.25, 0.3) is 0 Å². The quantitative estimate of drug-likeness (QED) is 0.641. The molecule has 0 N–H and O–H groups in total. The highest BCUT2D eigenvalue weighted by Crippen LogP contribution is 2.00. The van der Waals surface area contributed by atoms with Crippen molar-refractivity contribution in [2.24, 2.45) is 0 Å². The van der Waals surface area contributed by atoms with E-state index in [-0.39, 0.29) is 0 Å². The van der Waals surface area contributed by atoms with E-state index in [9.17, 15) is 0 Å². The van der Waals surface area contributed by atoms with Gasteiger partial charge in [-0.15, -0.1) is 0 Å². The second-order valence-corrected chi connectivity index (χ2v) is 3.72. The molecule has 0 unspecified atom stereocenters. The molecule has 11 heavy (non-hydrogen) atoms. The molecule has 1 aromatic rings. The molecule has 0 aromatic carbocycles. The summed E-state index contributed by atoms with van der Waals surface area (Å²) >= 11 is 1.88. The zero-order chi connectivity index (χ0) is 8.53. The second kappa shape index (κ2) is 7.61. The predicted octanol–water partition coefficient (Wildman–Crippen LogP) is 2.84. The van der Waals surface area contributed by atoms with Crippen LogP contribution in [0.4, 0.5) is 0 Å². The van der Waals surface area contributed by atoms with Gasteiger partial charge in [0.25, 0.3) is 0 Å². The second-order valence-electron chi connectivity index (χ2n) is 2.31. The molecule has 0 bridgehead atoms. The van der Waals surface area contributed by atoms with E-state index in [0.717, 1.165) is 5.25 Å². The Morgan fingerprint density at radius 2 is 1.55 bits per heavy atom. The number of rotatable bonds is 1. The molecule has 0 radical (unpaired) electrons. The van der Waals surface area contributed by atoms with Gasteiger partial charge in [0.2, 0.25) is 0 Å². The van der Waals surface area contributed by atoms with E-state index in [1.807, 2.05) is 30.0 Å². The molecule has 62 valence electrons. The van der Waals surface area contributed by atoms with Gasteiger partial charge in [-0.3, -0.25) is 4.98 Å². The Balaban J connectivity index is 0.000000187. The molecule has 0 aliphatic carbocycles. The van der Waals surface area contributed by atoms with Gasteiger partial charge in [0.05, 0.1) is 0 Å². The molecular weight excluding hydrogens is 154 g/mol. The van der Waals surface area contributed by atoms with Crippen LogP contribution in [0.2, 0.25) is 0 Å². The number of pyridine rings is 1. The van der Waals surface area contributed by atoms with E-state index < -0.39 is 0 Å². The maximum atomic E-state index is 3.78. The summed E-state index contributed by atoms with van der Waals surface area (Å²) < 4.78 is 0. The highest BCUT2D eigenvalue weighted by molar-refractivity contribution is 7.99. The Kier molecular flexibility index (Phi) is 7.26. The molecule has 1 aromatic heterocycles. The molecule has 1 nitrogen and oxygen atoms in total. The molecule has 0 saturated carbocycles. The Hall–Kier alpha value is -0.500. The van der Waals surface area contributed by atoms with E-state index in [1.54, 1.807) is 12.4 Å². The van der Waals surface area contributed by atoms with Gasteiger partial charge in [0, 0.05) is 12.4 Å². The molecule has 0 amide bonds. The van der Waals surface area contributed by atoms with Gasteiger partial charge in [-0.2, -0.15) is 11.8 Å². The molecule has 1 heterocycles. The van der Waals surface area contributed by atoms with Gasteiger partial charge >= 0.3 is 0 Å². The van der Waals surface area contributed by atoms with Crippen LogP contribution in [0.5, 0.6) is 0 Å². The normalized spacial score (nSPS) is 8.73. The van der Waals surface area contributed by atoms with E-state index >= 15 is 0 Å². The van der Waals surface area contributed by atoms with Crippen molar-refractivity contribution in [3.8, 4) is 0 Å². The number of thioether (sulfide) groups is 1. The first kappa shape index (κ1) is 10.5. The number of nitrogens with zero attached hydrogens (tertiary/aromatic N) is 1. The predicted molar refractivity (Wildman–Crippen MR) is 52.9 cm³/mol. The van der Waals surface area contributed by atoms with Gasteiger partial charge in [0.15, 0.2) is 0 Å². The zero-order valence-corrected chi connectivity index (χ0v) is 8.14. The molecule has 0 spiro atoms. The summed E-state index contributed by atoms with van der Waals surface area (Å²) in [6.45, 7) is 4.37. The summed E-state index contributed by atoms with van der Waals surface area (Å²) in [6.07, 6.45) is 5.62. The van der Waals surface area contributed by atoms with Crippen LogP contribution in [0.15, 0.2) is 30.6 Å². The fourth-order valence-electron chi connectivity index (χ4n) is 0.313. The highest BCUT2D eigenvalue weighted by Gasteiger charge is 1.80. The lowest BCUT2D eigenvalue weighted by Gasteiger charge is -1.90. The van der Waals surface area contributed by atoms with Crippen molar-refractivity contribution in [2.45, 2.75) is 19.1 Å². The lowest BCUT2D eigenvalue weighted by atomic mass is 10.5. The Morgan fingerprint density at radius 3 is 1.64 bits per heavy atom. The lowest BCUT2D eigenvalue weighted by Crippen LogP contribution is -1.79. The molecule has 2 heteroatoms. The summed E-state index contributed by atoms with van der Waals surface area (Å²) in [5.41, 5.74) is 0. The van der Waals surface area contributed by atoms with Crippen LogP contribution in [-0.4, -0.2) is 16.5 Å². The van der Waals surface area contributed by atoms with Gasteiger partial charge in [-0.25, -0.2) is 0 Å². The summed E-state index contributed by atoms with van der Waals surface area (Å²) in [7, 11) is 0. The number of aromatic nitrogens is 1. The molecular formula is C9H15NS. The first-order valence-electron chi connectivity index (χ1n) is 3.65. The molecule has 1 rings (SSSR count). The third kappa shape index (κ3) is 9.50. The topological polar surface area (TPSA) is 12.9 Å². The van der Waals surface area contributed by atoms with Crippen molar-refractivity contribution < 1.29 is 0 Å². The van der Waals surface area contributed by atoms with Gasteiger partial charge in [0.1, 0.15) is 0 Å². The molecule has 0 fully saturated rings. The van der Waals surface area contributed by atoms with Crippen LogP contribution in [-0.2, 0) is 0 Å². The van der Waals surface area contributed by atoms with Crippen molar-refractivity contribution in [3.05, 3.63) is 30.6 Å². The first-order valence-corrected chi connectivity index (χ1v) is 4.94. The third-order valence-electron chi connectivity index (χ3n) is 1.04. The van der Waals surface area contributed by atoms with Crippen LogP contribution >= 0.6 is 11.8 Å². The summed E-state index contributed by atoms with van der Waals surface area (Å²) in [4.78, 5) is 3.78. The number of hydrogen-bond donors (Lipinski definition) is 0. The van der Waals surface area contributed by atoms with Gasteiger partial charge in [-0.05, 0) is 23.6 Å². The standard InChI is InChI=1S/C5H5N.C4H10S/c1-2-4-6-5-3-1;1-4(2)5-3/h1-5H;4H,1-3H3. The Bertz CT molecular complexity index is 124. The van der Waals surface area contributed by atoms with Gasteiger partial charge in [-0.1, -0.05) is 19.9 Å². The Labute approximate surface area is 73.2 Å². The summed E-state index contributed by atoms with van der Waals surface area (Å²) in [5, 5.41) is 0.801. The van der Waals surface area contributed by atoms with Crippen molar-refractivity contribution >= 4 is 11.8 Å². The van der Waals surface area contributed by atoms with E-state index in [1.165, 1.54) is 0 Å². The first-order chi connectivity index (χ1) is 5.27. The largest absolute Gasteiger partial charge is 0.265 e. The minimum Gasteiger partial charge on any atom is -0.265 e. The highest BCUT2D eigenvalue weighted by atomic mass is 32.2. The van der Waals surface area contributed by atoms with Crippen molar-refractivity contribution in [1.29, 1.82) is 0 Å². The fourth-order valence-corrected chi connectivity index (χ4v) is 0.313. The van der Waals surface area contributed by atoms with E-state index in [0.29, 0.717) is 0 Å². The average molecular weight is 169 g/mol. The monoisotopic (exact) mass is 169 g/mol. The summed E-state index contributed by atoms with van der Waals surface area (Å²) in [6, 6.07) is 5.72. The fraction of sp³-hybridized carbons (Fsp3) is 0.444. The van der Waals surface area contributed by atoms with Crippen molar-refractivity contribution in [2.75, 3.05) is 6.26 Å². The van der Waals surface area contributed by atoms with Crippen LogP contribution in [0.1, 0.15) is 13.8 Å². The van der Waals surface area contributed by atoms with Crippen LogP contribution < -0.4 is 0 Å². The molecule has 0 atom stereocenters.